The molecule has 0 spiro atoms. The van der Waals surface area contributed by atoms with Gasteiger partial charge in [-0.25, -0.2) is 13.2 Å². The smallest absolute Gasteiger partial charge is 0.343 e. The third-order valence-electron chi connectivity index (χ3n) is 4.86. The molecule has 0 heterocycles. The Morgan fingerprint density at radius 1 is 0.935 bits per heavy atom. The van der Waals surface area contributed by atoms with E-state index in [9.17, 15) is 18.0 Å². The molecule has 0 aromatic heterocycles. The molecule has 0 saturated carbocycles. The molecule has 2 aromatic carbocycles. The van der Waals surface area contributed by atoms with E-state index < -0.39 is 27.2 Å². The van der Waals surface area contributed by atoms with Gasteiger partial charge in [0.15, 0.2) is 9.84 Å². The second-order valence-corrected chi connectivity index (χ2v) is 9.83. The lowest BCUT2D eigenvalue weighted by molar-refractivity contribution is -0.119. The summed E-state index contributed by atoms with van der Waals surface area (Å²) in [6.07, 6.45) is 0.369. The topological polar surface area (TPSA) is 86.7 Å². The van der Waals surface area contributed by atoms with Gasteiger partial charge in [0.25, 0.3) is 0 Å². The molecule has 0 bridgehead atoms. The van der Waals surface area contributed by atoms with Gasteiger partial charge in [0, 0.05) is 12.7 Å². The van der Waals surface area contributed by atoms with Crippen molar-refractivity contribution in [2.45, 2.75) is 45.2 Å². The average Bonchev–Trinajstić information content (AvgIpc) is 2.74. The molecule has 7 heteroatoms. The highest BCUT2D eigenvalue weighted by Gasteiger charge is 2.29. The minimum atomic E-state index is -3.58. The number of Topliss-reactive ketones (excluding diaryl/α,β-unsaturated/α-hetero) is 1. The molecule has 0 aliphatic rings. The van der Waals surface area contributed by atoms with Crippen LogP contribution in [0, 0.1) is 0 Å². The Kier molecular flexibility index (Phi) is 8.71. The van der Waals surface area contributed by atoms with Gasteiger partial charge >= 0.3 is 5.97 Å². The predicted molar refractivity (Wildman–Crippen MR) is 119 cm³/mol. The van der Waals surface area contributed by atoms with Gasteiger partial charge in [-0.2, -0.15) is 0 Å². The van der Waals surface area contributed by atoms with Crippen LogP contribution in [0.2, 0.25) is 0 Å². The molecule has 0 aliphatic heterocycles. The first-order chi connectivity index (χ1) is 14.6. The highest BCUT2D eigenvalue weighted by molar-refractivity contribution is 7.91. The molecule has 0 unspecified atom stereocenters. The summed E-state index contributed by atoms with van der Waals surface area (Å²) < 4.78 is 36.1. The standard InChI is InChI=1S/C24H28O6S/c1-17(25)15-22(29-16-20-11-7-5-8-12-20)18(2)23(19(3)31(4,27)28)30-24(26)21-13-9-6-10-14-21/h5-14,19,22H,15-16H2,1-4H3/b23-18+/t19-,22+/m0/s1. The highest BCUT2D eigenvalue weighted by atomic mass is 32.2. The van der Waals surface area contributed by atoms with Crippen LogP contribution in [0.15, 0.2) is 72.0 Å². The summed E-state index contributed by atoms with van der Waals surface area (Å²) in [5, 5.41) is -1.09. The normalized spacial score (nSPS) is 14.3. The number of ether oxygens (including phenoxy) is 2. The van der Waals surface area contributed by atoms with Gasteiger partial charge in [-0.1, -0.05) is 48.5 Å². The molecule has 0 amide bonds. The Hall–Kier alpha value is -2.77. The van der Waals surface area contributed by atoms with Crippen molar-refractivity contribution >= 4 is 21.6 Å². The minimum absolute atomic E-state index is 0.0179. The van der Waals surface area contributed by atoms with E-state index in [1.807, 2.05) is 30.3 Å². The Bertz CT molecular complexity index is 1030. The Labute approximate surface area is 183 Å². The van der Waals surface area contributed by atoms with Gasteiger partial charge in [-0.05, 0) is 44.0 Å². The fourth-order valence-electron chi connectivity index (χ4n) is 2.94. The second-order valence-electron chi connectivity index (χ2n) is 7.47. The summed E-state index contributed by atoms with van der Waals surface area (Å²) in [7, 11) is -3.58. The van der Waals surface area contributed by atoms with Gasteiger partial charge in [0.05, 0.1) is 18.3 Å². The zero-order valence-electron chi connectivity index (χ0n) is 18.2. The van der Waals surface area contributed by atoms with Crippen molar-refractivity contribution in [3.8, 4) is 0 Å². The van der Waals surface area contributed by atoms with Crippen LogP contribution in [0.1, 0.15) is 43.1 Å². The van der Waals surface area contributed by atoms with Gasteiger partial charge in [0.1, 0.15) is 16.8 Å². The average molecular weight is 445 g/mol. The van der Waals surface area contributed by atoms with Crippen LogP contribution in [0.4, 0.5) is 0 Å². The number of carbonyl (C=O) groups excluding carboxylic acids is 2. The molecular formula is C24H28O6S. The van der Waals surface area contributed by atoms with Crippen LogP contribution < -0.4 is 0 Å². The summed E-state index contributed by atoms with van der Waals surface area (Å²) in [4.78, 5) is 24.5. The minimum Gasteiger partial charge on any atom is -0.426 e. The summed E-state index contributed by atoms with van der Waals surface area (Å²) in [5.41, 5.74) is 1.60. The quantitative estimate of drug-likeness (QED) is 0.405. The third kappa shape index (κ3) is 7.45. The van der Waals surface area contributed by atoms with E-state index in [0.717, 1.165) is 11.8 Å². The van der Waals surface area contributed by atoms with Crippen LogP contribution in [0.3, 0.4) is 0 Å². The number of rotatable bonds is 10. The Morgan fingerprint density at radius 2 is 1.48 bits per heavy atom. The molecule has 2 rings (SSSR count). The van der Waals surface area contributed by atoms with Crippen LogP contribution in [-0.4, -0.2) is 37.8 Å². The maximum absolute atomic E-state index is 12.7. The van der Waals surface area contributed by atoms with E-state index in [1.54, 1.807) is 37.3 Å². The fourth-order valence-corrected chi connectivity index (χ4v) is 3.56. The largest absolute Gasteiger partial charge is 0.426 e. The van der Waals surface area contributed by atoms with Crippen molar-refractivity contribution in [1.29, 1.82) is 0 Å². The van der Waals surface area contributed by atoms with Gasteiger partial charge < -0.3 is 9.47 Å². The fraction of sp³-hybridized carbons (Fsp3) is 0.333. The van der Waals surface area contributed by atoms with Gasteiger partial charge in [-0.15, -0.1) is 0 Å². The van der Waals surface area contributed by atoms with Crippen LogP contribution in [-0.2, 0) is 30.7 Å². The number of carbonyl (C=O) groups is 2. The molecular weight excluding hydrogens is 416 g/mol. The Balaban J connectivity index is 2.41. The number of ketones is 1. The van der Waals surface area contributed by atoms with Crippen LogP contribution in [0.5, 0.6) is 0 Å². The summed E-state index contributed by atoms with van der Waals surface area (Å²) in [6, 6.07) is 17.7. The van der Waals surface area contributed by atoms with E-state index in [4.69, 9.17) is 9.47 Å². The molecule has 0 N–H and O–H groups in total. The third-order valence-corrected chi connectivity index (χ3v) is 6.36. The zero-order valence-corrected chi connectivity index (χ0v) is 19.0. The van der Waals surface area contributed by atoms with Crippen LogP contribution in [0.25, 0.3) is 0 Å². The Morgan fingerprint density at radius 3 is 2.00 bits per heavy atom. The van der Waals surface area contributed by atoms with Crippen molar-refractivity contribution in [3.05, 3.63) is 83.1 Å². The molecule has 6 nitrogen and oxygen atoms in total. The van der Waals surface area contributed by atoms with Crippen molar-refractivity contribution < 1.29 is 27.5 Å². The zero-order chi connectivity index (χ0) is 23.0. The first kappa shape index (κ1) is 24.5. The SMILES string of the molecule is CC(=O)C[C@@H](OCc1ccccc1)/C(C)=C(/OC(=O)c1ccccc1)[C@H](C)S(C)(=O)=O. The van der Waals surface area contributed by atoms with E-state index >= 15 is 0 Å². The molecule has 166 valence electrons. The maximum atomic E-state index is 12.7. The molecule has 0 aliphatic carbocycles. The number of hydrogen-bond donors (Lipinski definition) is 0. The highest BCUT2D eigenvalue weighted by Crippen LogP contribution is 2.25. The number of esters is 1. The first-order valence-electron chi connectivity index (χ1n) is 9.91. The molecule has 0 radical (unpaired) electrons. The van der Waals surface area contributed by atoms with E-state index in [1.165, 1.54) is 13.8 Å². The first-order valence-corrected chi connectivity index (χ1v) is 11.9. The molecule has 0 fully saturated rings. The van der Waals surface area contributed by atoms with Gasteiger partial charge in [0.2, 0.25) is 0 Å². The van der Waals surface area contributed by atoms with E-state index in [0.29, 0.717) is 11.1 Å². The van der Waals surface area contributed by atoms with Gasteiger partial charge in [-0.3, -0.25) is 4.79 Å². The molecule has 0 saturated heterocycles. The predicted octanol–water partition coefficient (Wildman–Crippen LogP) is 4.12. The lowest BCUT2D eigenvalue weighted by atomic mass is 10.0. The molecule has 31 heavy (non-hydrogen) atoms. The van der Waals surface area contributed by atoms with Crippen LogP contribution >= 0.6 is 0 Å². The lowest BCUT2D eigenvalue weighted by Crippen LogP contribution is -2.28. The maximum Gasteiger partial charge on any atom is 0.343 e. The van der Waals surface area contributed by atoms with Crippen molar-refractivity contribution in [1.82, 2.24) is 0 Å². The molecule has 2 aromatic rings. The van der Waals surface area contributed by atoms with E-state index in [-0.39, 0.29) is 24.6 Å². The number of benzene rings is 2. The lowest BCUT2D eigenvalue weighted by Gasteiger charge is -2.24. The van der Waals surface area contributed by atoms with Crippen molar-refractivity contribution in [3.63, 3.8) is 0 Å². The van der Waals surface area contributed by atoms with Crippen molar-refractivity contribution in [2.75, 3.05) is 6.26 Å². The molecule has 2 atom stereocenters. The summed E-state index contributed by atoms with van der Waals surface area (Å²) >= 11 is 0. The monoisotopic (exact) mass is 444 g/mol. The number of hydrogen-bond acceptors (Lipinski definition) is 6. The second kappa shape index (κ2) is 11.0. The van der Waals surface area contributed by atoms with E-state index in [2.05, 4.69) is 0 Å². The van der Waals surface area contributed by atoms with Crippen molar-refractivity contribution in [2.24, 2.45) is 0 Å². The summed E-state index contributed by atoms with van der Waals surface area (Å²) in [6.45, 7) is 4.74. The number of sulfone groups is 1. The summed E-state index contributed by atoms with van der Waals surface area (Å²) in [5.74, 6) is -0.816.